The van der Waals surface area contributed by atoms with Gasteiger partial charge >= 0.3 is 5.97 Å². The normalized spacial score (nSPS) is 12.7. The summed E-state index contributed by atoms with van der Waals surface area (Å²) in [6, 6.07) is 3.84. The number of phenolic OH excluding ortho intramolecular Hbond substituents is 1. The van der Waals surface area contributed by atoms with Gasteiger partial charge in [0.05, 0.1) is 6.04 Å². The van der Waals surface area contributed by atoms with E-state index in [1.54, 1.807) is 12.1 Å². The van der Waals surface area contributed by atoms with Gasteiger partial charge in [0, 0.05) is 12.8 Å². The molecule has 142 valence electrons. The number of aliphatic carboxylic acids is 1. The Morgan fingerprint density at radius 1 is 1.08 bits per heavy atom. The van der Waals surface area contributed by atoms with Crippen molar-refractivity contribution in [3.8, 4) is 5.75 Å². The van der Waals surface area contributed by atoms with E-state index in [1.807, 2.05) is 0 Å². The maximum atomic E-state index is 12.2. The highest BCUT2D eigenvalue weighted by Gasteiger charge is 2.24. The molecule has 0 spiro atoms. The predicted octanol–water partition coefficient (Wildman–Crippen LogP) is -1.79. The van der Waals surface area contributed by atoms with Crippen molar-refractivity contribution >= 4 is 23.7 Å². The van der Waals surface area contributed by atoms with Gasteiger partial charge in [0.2, 0.25) is 17.7 Å². The van der Waals surface area contributed by atoms with Gasteiger partial charge in [-0.05, 0) is 24.1 Å². The summed E-state index contributed by atoms with van der Waals surface area (Å²) >= 11 is 0. The minimum Gasteiger partial charge on any atom is -0.508 e. The summed E-state index contributed by atoms with van der Waals surface area (Å²) in [6.45, 7) is -0.603. The first-order chi connectivity index (χ1) is 12.2. The summed E-state index contributed by atoms with van der Waals surface area (Å²) in [5.74, 6) is -3.16. The highest BCUT2D eigenvalue weighted by molar-refractivity contribution is 5.91. The minimum absolute atomic E-state index is 0.0177. The van der Waals surface area contributed by atoms with Gasteiger partial charge in [0.15, 0.2) is 0 Å². The average Bonchev–Trinajstić information content (AvgIpc) is 2.58. The minimum atomic E-state index is -1.23. The summed E-state index contributed by atoms with van der Waals surface area (Å²) in [5, 5.41) is 22.6. The van der Waals surface area contributed by atoms with Gasteiger partial charge in [-0.3, -0.25) is 19.2 Å². The van der Waals surface area contributed by atoms with Crippen LogP contribution in [0, 0.1) is 0 Å². The molecule has 1 aromatic carbocycles. The Morgan fingerprint density at radius 2 is 1.69 bits per heavy atom. The quantitative estimate of drug-likeness (QED) is 0.282. The fourth-order valence-electron chi connectivity index (χ4n) is 2.07. The molecule has 8 N–H and O–H groups in total. The topological polar surface area (TPSA) is 185 Å². The highest BCUT2D eigenvalue weighted by atomic mass is 16.4. The fourth-order valence-corrected chi connectivity index (χ4v) is 2.07. The van der Waals surface area contributed by atoms with Crippen LogP contribution in [0.3, 0.4) is 0 Å². The van der Waals surface area contributed by atoms with Crippen LogP contribution in [0.5, 0.6) is 5.75 Å². The number of benzene rings is 1. The van der Waals surface area contributed by atoms with Crippen LogP contribution in [0.4, 0.5) is 0 Å². The first-order valence-corrected chi connectivity index (χ1v) is 7.80. The second kappa shape index (κ2) is 9.99. The van der Waals surface area contributed by atoms with E-state index in [9.17, 15) is 24.3 Å². The van der Waals surface area contributed by atoms with Crippen molar-refractivity contribution in [2.75, 3.05) is 6.54 Å². The number of primary amides is 1. The van der Waals surface area contributed by atoms with Crippen LogP contribution in [0.1, 0.15) is 18.4 Å². The number of aromatic hydroxyl groups is 1. The van der Waals surface area contributed by atoms with Crippen molar-refractivity contribution in [3.63, 3.8) is 0 Å². The van der Waals surface area contributed by atoms with Gasteiger partial charge in [-0.15, -0.1) is 0 Å². The number of carboxylic acid groups (broad SMARTS) is 1. The van der Waals surface area contributed by atoms with Gasteiger partial charge in [0.1, 0.15) is 18.3 Å². The van der Waals surface area contributed by atoms with Crippen LogP contribution in [0.25, 0.3) is 0 Å². The van der Waals surface area contributed by atoms with Crippen molar-refractivity contribution in [3.05, 3.63) is 29.8 Å². The highest BCUT2D eigenvalue weighted by Crippen LogP contribution is 2.11. The molecule has 0 fully saturated rings. The standard InChI is InChI=1S/C16H22N4O6/c17-11(5-6-13(18)22)15(25)20-12(16(26)19-8-14(23)24)7-9-1-3-10(21)4-2-9/h1-4,11-12,21H,5-8,17H2,(H2,18,22)(H,19,26)(H,20,25)(H,23,24)/t11-,12-/m0/s1. The van der Waals surface area contributed by atoms with Crippen molar-refractivity contribution in [1.29, 1.82) is 0 Å². The number of hydrogen-bond donors (Lipinski definition) is 6. The molecule has 26 heavy (non-hydrogen) atoms. The Balaban J connectivity index is 2.80. The largest absolute Gasteiger partial charge is 0.508 e. The van der Waals surface area contributed by atoms with Crippen LogP contribution in [0.15, 0.2) is 24.3 Å². The zero-order valence-electron chi connectivity index (χ0n) is 14.0. The molecule has 0 aliphatic heterocycles. The molecular weight excluding hydrogens is 344 g/mol. The summed E-state index contributed by atoms with van der Waals surface area (Å²) < 4.78 is 0. The number of carboxylic acids is 1. The van der Waals surface area contributed by atoms with E-state index < -0.39 is 42.3 Å². The number of phenols is 1. The molecule has 0 aromatic heterocycles. The van der Waals surface area contributed by atoms with E-state index in [1.165, 1.54) is 12.1 Å². The molecule has 2 atom stereocenters. The van der Waals surface area contributed by atoms with E-state index in [2.05, 4.69) is 10.6 Å². The van der Waals surface area contributed by atoms with Gasteiger partial charge in [-0.1, -0.05) is 12.1 Å². The number of nitrogens with one attached hydrogen (secondary N) is 2. The van der Waals surface area contributed by atoms with E-state index in [-0.39, 0.29) is 25.0 Å². The number of carbonyl (C=O) groups excluding carboxylic acids is 3. The second-order valence-corrected chi connectivity index (χ2v) is 5.65. The number of nitrogens with two attached hydrogens (primary N) is 2. The van der Waals surface area contributed by atoms with Crippen molar-refractivity contribution in [2.24, 2.45) is 11.5 Å². The van der Waals surface area contributed by atoms with Crippen molar-refractivity contribution in [1.82, 2.24) is 10.6 Å². The molecule has 0 aliphatic rings. The van der Waals surface area contributed by atoms with E-state index in [4.69, 9.17) is 16.6 Å². The number of carbonyl (C=O) groups is 4. The Kier molecular flexibility index (Phi) is 8.03. The Morgan fingerprint density at radius 3 is 2.23 bits per heavy atom. The number of hydrogen-bond acceptors (Lipinski definition) is 6. The average molecular weight is 366 g/mol. The lowest BCUT2D eigenvalue weighted by molar-refractivity contribution is -0.138. The molecule has 3 amide bonds. The molecule has 10 nitrogen and oxygen atoms in total. The first kappa shape index (κ1) is 20.9. The predicted molar refractivity (Wildman–Crippen MR) is 90.8 cm³/mol. The van der Waals surface area contributed by atoms with Crippen LogP contribution in [0.2, 0.25) is 0 Å². The summed E-state index contributed by atoms with van der Waals surface area (Å²) in [6.07, 6.45) is -0.00766. The molecule has 0 unspecified atom stereocenters. The van der Waals surface area contributed by atoms with Crippen LogP contribution in [-0.2, 0) is 25.6 Å². The summed E-state index contributed by atoms with van der Waals surface area (Å²) in [7, 11) is 0. The lowest BCUT2D eigenvalue weighted by Gasteiger charge is -2.20. The molecule has 0 bridgehead atoms. The van der Waals surface area contributed by atoms with Gasteiger partial charge < -0.3 is 32.3 Å². The zero-order chi connectivity index (χ0) is 19.7. The maximum absolute atomic E-state index is 12.2. The Hall–Kier alpha value is -3.14. The summed E-state index contributed by atoms with van der Waals surface area (Å²) in [4.78, 5) is 45.7. The van der Waals surface area contributed by atoms with Crippen LogP contribution in [-0.4, -0.2) is 52.5 Å². The third-order valence-corrected chi connectivity index (χ3v) is 3.46. The third kappa shape index (κ3) is 7.62. The maximum Gasteiger partial charge on any atom is 0.322 e. The van der Waals surface area contributed by atoms with Crippen molar-refractivity contribution < 1.29 is 29.4 Å². The van der Waals surface area contributed by atoms with Gasteiger partial charge in [-0.2, -0.15) is 0 Å². The Bertz CT molecular complexity index is 661. The zero-order valence-corrected chi connectivity index (χ0v) is 14.0. The van der Waals surface area contributed by atoms with E-state index in [0.29, 0.717) is 5.56 Å². The summed E-state index contributed by atoms with van der Waals surface area (Å²) in [5.41, 5.74) is 11.3. The molecule has 0 saturated heterocycles. The Labute approximate surface area is 149 Å². The fraction of sp³-hybridized carbons (Fsp3) is 0.375. The lowest BCUT2D eigenvalue weighted by Crippen LogP contribution is -2.53. The van der Waals surface area contributed by atoms with Crippen molar-refractivity contribution in [2.45, 2.75) is 31.3 Å². The first-order valence-electron chi connectivity index (χ1n) is 7.80. The number of amides is 3. The van der Waals surface area contributed by atoms with Crippen LogP contribution < -0.4 is 22.1 Å². The molecule has 0 radical (unpaired) electrons. The van der Waals surface area contributed by atoms with Crippen LogP contribution >= 0.6 is 0 Å². The third-order valence-electron chi connectivity index (χ3n) is 3.46. The molecule has 0 aliphatic carbocycles. The second-order valence-electron chi connectivity index (χ2n) is 5.65. The smallest absolute Gasteiger partial charge is 0.322 e. The molecule has 10 heteroatoms. The molecule has 1 aromatic rings. The lowest BCUT2D eigenvalue weighted by atomic mass is 10.0. The van der Waals surface area contributed by atoms with Gasteiger partial charge in [0.25, 0.3) is 0 Å². The monoisotopic (exact) mass is 366 g/mol. The van der Waals surface area contributed by atoms with Gasteiger partial charge in [-0.25, -0.2) is 0 Å². The molecule has 1 rings (SSSR count). The SMILES string of the molecule is NC(=O)CC[C@H](N)C(=O)N[C@@H](Cc1ccc(O)cc1)C(=O)NCC(=O)O. The molecule has 0 saturated carbocycles. The van der Waals surface area contributed by atoms with E-state index in [0.717, 1.165) is 0 Å². The van der Waals surface area contributed by atoms with E-state index >= 15 is 0 Å². The molecule has 0 heterocycles. The molecular formula is C16H22N4O6. The number of rotatable bonds is 10.